The van der Waals surface area contributed by atoms with Crippen molar-refractivity contribution in [1.82, 2.24) is 4.90 Å². The fraction of sp³-hybridized carbons (Fsp3) is 0.500. The first kappa shape index (κ1) is 13.9. The highest BCUT2D eigenvalue weighted by molar-refractivity contribution is 5.97. The minimum atomic E-state index is -0.450. The number of benzene rings is 1. The van der Waals surface area contributed by atoms with Crippen LogP contribution in [-0.4, -0.2) is 40.8 Å². The molecule has 2 aliphatic heterocycles. The molecule has 5 heteroatoms. The molecule has 0 bridgehead atoms. The molecule has 0 aromatic heterocycles. The Morgan fingerprint density at radius 1 is 1.33 bits per heavy atom. The molecule has 0 radical (unpaired) electrons. The standard InChI is InChI=1S/C16H19N3O2/c1-9-10(2)13(5-4-12(9)8-17)19-11(3)15-14(20)6-7-18(15)16(19)21/h4-5,11,14-15,20H,6-7H2,1-3H3/t11-,14-,15+/m0/s1. The van der Waals surface area contributed by atoms with Crippen LogP contribution in [0.1, 0.15) is 30.0 Å². The Hall–Kier alpha value is -2.06. The van der Waals surface area contributed by atoms with Gasteiger partial charge < -0.3 is 10.0 Å². The predicted octanol–water partition coefficient (Wildman–Crippen LogP) is 1.94. The molecule has 3 atom stereocenters. The van der Waals surface area contributed by atoms with Crippen LogP contribution >= 0.6 is 0 Å². The Kier molecular flexibility index (Phi) is 3.14. The Balaban J connectivity index is 2.04. The van der Waals surface area contributed by atoms with E-state index in [0.29, 0.717) is 18.5 Å². The van der Waals surface area contributed by atoms with Crippen molar-refractivity contribution in [1.29, 1.82) is 5.26 Å². The van der Waals surface area contributed by atoms with E-state index in [0.717, 1.165) is 16.8 Å². The van der Waals surface area contributed by atoms with E-state index in [2.05, 4.69) is 6.07 Å². The molecule has 0 saturated carbocycles. The van der Waals surface area contributed by atoms with Gasteiger partial charge >= 0.3 is 6.03 Å². The molecule has 0 aliphatic carbocycles. The van der Waals surface area contributed by atoms with Gasteiger partial charge in [-0.25, -0.2) is 4.79 Å². The SMILES string of the molecule is Cc1c(C#N)ccc(N2C(=O)N3CC[C@H](O)[C@H]3[C@@H]2C)c1C. The van der Waals surface area contributed by atoms with E-state index in [4.69, 9.17) is 5.26 Å². The third kappa shape index (κ3) is 1.83. The number of urea groups is 1. The number of carbonyl (C=O) groups is 1. The average molecular weight is 285 g/mol. The summed E-state index contributed by atoms with van der Waals surface area (Å²) in [5.74, 6) is 0. The van der Waals surface area contributed by atoms with Gasteiger partial charge in [0.15, 0.2) is 0 Å². The Labute approximate surface area is 124 Å². The third-order valence-electron chi connectivity index (χ3n) is 4.91. The van der Waals surface area contributed by atoms with Crippen LogP contribution < -0.4 is 4.90 Å². The van der Waals surface area contributed by atoms with Gasteiger partial charge in [0.25, 0.3) is 0 Å². The second-order valence-corrected chi connectivity index (χ2v) is 5.93. The fourth-order valence-electron chi connectivity index (χ4n) is 3.58. The second-order valence-electron chi connectivity index (χ2n) is 5.93. The number of fused-ring (bicyclic) bond motifs is 1. The van der Waals surface area contributed by atoms with Crippen molar-refractivity contribution >= 4 is 11.7 Å². The average Bonchev–Trinajstić information content (AvgIpc) is 2.95. The van der Waals surface area contributed by atoms with Crippen LogP contribution in [0.15, 0.2) is 12.1 Å². The molecule has 2 fully saturated rings. The van der Waals surface area contributed by atoms with Crippen LogP contribution in [0.4, 0.5) is 10.5 Å². The van der Waals surface area contributed by atoms with Crippen LogP contribution in [-0.2, 0) is 0 Å². The number of nitrogens with zero attached hydrogens (tertiary/aromatic N) is 3. The van der Waals surface area contributed by atoms with Gasteiger partial charge in [-0.05, 0) is 50.5 Å². The molecular weight excluding hydrogens is 266 g/mol. The molecule has 0 spiro atoms. The van der Waals surface area contributed by atoms with E-state index < -0.39 is 6.10 Å². The first-order valence-corrected chi connectivity index (χ1v) is 7.25. The number of aliphatic hydroxyl groups is 1. The summed E-state index contributed by atoms with van der Waals surface area (Å²) in [5.41, 5.74) is 3.33. The molecule has 21 heavy (non-hydrogen) atoms. The van der Waals surface area contributed by atoms with E-state index >= 15 is 0 Å². The van der Waals surface area contributed by atoms with Gasteiger partial charge in [0, 0.05) is 12.2 Å². The van der Waals surface area contributed by atoms with E-state index in [-0.39, 0.29) is 18.1 Å². The lowest BCUT2D eigenvalue weighted by atomic mass is 9.99. The Morgan fingerprint density at radius 2 is 2.05 bits per heavy atom. The summed E-state index contributed by atoms with van der Waals surface area (Å²) in [4.78, 5) is 16.2. The molecule has 110 valence electrons. The summed E-state index contributed by atoms with van der Waals surface area (Å²) in [5, 5.41) is 19.2. The van der Waals surface area contributed by atoms with E-state index in [1.807, 2.05) is 26.8 Å². The first-order chi connectivity index (χ1) is 9.97. The number of rotatable bonds is 1. The predicted molar refractivity (Wildman–Crippen MR) is 79.1 cm³/mol. The maximum Gasteiger partial charge on any atom is 0.325 e. The van der Waals surface area contributed by atoms with Gasteiger partial charge in [0.2, 0.25) is 0 Å². The summed E-state index contributed by atoms with van der Waals surface area (Å²) < 4.78 is 0. The minimum Gasteiger partial charge on any atom is -0.391 e. The zero-order valence-corrected chi connectivity index (χ0v) is 12.5. The van der Waals surface area contributed by atoms with Crippen molar-refractivity contribution in [2.75, 3.05) is 11.4 Å². The summed E-state index contributed by atoms with van der Waals surface area (Å²) >= 11 is 0. The lowest BCUT2D eigenvalue weighted by Gasteiger charge is -2.26. The maximum atomic E-state index is 12.6. The van der Waals surface area contributed by atoms with Crippen molar-refractivity contribution < 1.29 is 9.90 Å². The van der Waals surface area contributed by atoms with Gasteiger partial charge in [-0.2, -0.15) is 5.26 Å². The summed E-state index contributed by atoms with van der Waals surface area (Å²) in [7, 11) is 0. The van der Waals surface area contributed by atoms with Crippen molar-refractivity contribution in [2.24, 2.45) is 0 Å². The number of anilines is 1. The summed E-state index contributed by atoms with van der Waals surface area (Å²) in [6, 6.07) is 5.52. The zero-order valence-electron chi connectivity index (χ0n) is 12.5. The summed E-state index contributed by atoms with van der Waals surface area (Å²) in [6.45, 7) is 6.42. The lowest BCUT2D eigenvalue weighted by molar-refractivity contribution is 0.133. The Morgan fingerprint density at radius 3 is 2.67 bits per heavy atom. The highest BCUT2D eigenvalue weighted by Crippen LogP contribution is 2.37. The summed E-state index contributed by atoms with van der Waals surface area (Å²) in [6.07, 6.45) is 0.202. The van der Waals surface area contributed by atoms with Crippen molar-refractivity contribution in [3.05, 3.63) is 28.8 Å². The first-order valence-electron chi connectivity index (χ1n) is 7.25. The molecule has 2 aliphatic rings. The van der Waals surface area contributed by atoms with Crippen LogP contribution in [0.2, 0.25) is 0 Å². The molecule has 1 N–H and O–H groups in total. The lowest BCUT2D eigenvalue weighted by Crippen LogP contribution is -2.39. The molecule has 2 heterocycles. The molecule has 5 nitrogen and oxygen atoms in total. The van der Waals surface area contributed by atoms with Crippen molar-refractivity contribution in [2.45, 2.75) is 45.4 Å². The topological polar surface area (TPSA) is 67.6 Å². The normalized spacial score (nSPS) is 28.0. The van der Waals surface area contributed by atoms with Gasteiger partial charge in [0.05, 0.1) is 29.8 Å². The number of amides is 2. The molecule has 0 unspecified atom stereocenters. The third-order valence-corrected chi connectivity index (χ3v) is 4.91. The Bertz CT molecular complexity index is 650. The number of nitriles is 1. The van der Waals surface area contributed by atoms with Crippen molar-refractivity contribution in [3.63, 3.8) is 0 Å². The maximum absolute atomic E-state index is 12.6. The fourth-order valence-corrected chi connectivity index (χ4v) is 3.58. The highest BCUT2D eigenvalue weighted by Gasteiger charge is 2.50. The quantitative estimate of drug-likeness (QED) is 0.857. The number of carbonyl (C=O) groups excluding carboxylic acids is 1. The van der Waals surface area contributed by atoms with Crippen LogP contribution in [0, 0.1) is 25.2 Å². The van der Waals surface area contributed by atoms with Crippen LogP contribution in [0.5, 0.6) is 0 Å². The van der Waals surface area contributed by atoms with E-state index in [1.54, 1.807) is 15.9 Å². The number of aliphatic hydroxyl groups excluding tert-OH is 1. The van der Waals surface area contributed by atoms with Gasteiger partial charge in [-0.15, -0.1) is 0 Å². The van der Waals surface area contributed by atoms with Crippen LogP contribution in [0.3, 0.4) is 0 Å². The van der Waals surface area contributed by atoms with E-state index in [1.165, 1.54) is 0 Å². The molecule has 3 rings (SSSR count). The highest BCUT2D eigenvalue weighted by atomic mass is 16.3. The molecule has 1 aromatic carbocycles. The van der Waals surface area contributed by atoms with Gasteiger partial charge in [-0.3, -0.25) is 4.90 Å². The monoisotopic (exact) mass is 285 g/mol. The number of hydrogen-bond donors (Lipinski definition) is 1. The number of hydrogen-bond acceptors (Lipinski definition) is 3. The molecule has 1 aromatic rings. The van der Waals surface area contributed by atoms with Crippen molar-refractivity contribution in [3.8, 4) is 6.07 Å². The largest absolute Gasteiger partial charge is 0.391 e. The van der Waals surface area contributed by atoms with E-state index in [9.17, 15) is 9.90 Å². The molecular formula is C16H19N3O2. The zero-order chi connectivity index (χ0) is 15.3. The minimum absolute atomic E-state index is 0.0451. The molecule has 2 saturated heterocycles. The molecule has 2 amide bonds. The smallest absolute Gasteiger partial charge is 0.325 e. The van der Waals surface area contributed by atoms with Crippen LogP contribution in [0.25, 0.3) is 0 Å². The van der Waals surface area contributed by atoms with Gasteiger partial charge in [0.1, 0.15) is 0 Å². The van der Waals surface area contributed by atoms with Gasteiger partial charge in [-0.1, -0.05) is 0 Å². The second kappa shape index (κ2) is 4.74.